The summed E-state index contributed by atoms with van der Waals surface area (Å²) in [5.41, 5.74) is -0.00254. The van der Waals surface area contributed by atoms with Gasteiger partial charge in [0.1, 0.15) is 5.65 Å². The molecule has 8 nitrogen and oxygen atoms in total. The zero-order valence-electron chi connectivity index (χ0n) is 12.0. The van der Waals surface area contributed by atoms with E-state index in [1.54, 1.807) is 12.3 Å². The summed E-state index contributed by atoms with van der Waals surface area (Å²) in [5, 5.41) is 9.87. The van der Waals surface area contributed by atoms with Crippen molar-refractivity contribution in [1.82, 2.24) is 9.38 Å². The number of carbonyl (C=O) groups is 1. The van der Waals surface area contributed by atoms with Crippen molar-refractivity contribution < 1.29 is 19.4 Å². The molecule has 0 atom stereocenters. The number of hydrogen-bond acceptors (Lipinski definition) is 7. The molecule has 8 heteroatoms. The van der Waals surface area contributed by atoms with E-state index in [1.807, 2.05) is 6.07 Å². The fourth-order valence-corrected chi connectivity index (χ4v) is 2.37. The fourth-order valence-electron chi connectivity index (χ4n) is 2.37. The van der Waals surface area contributed by atoms with Gasteiger partial charge in [-0.3, -0.25) is 9.20 Å². The van der Waals surface area contributed by atoms with Crippen LogP contribution in [0, 0.1) is 0 Å². The minimum Gasteiger partial charge on any atom is -0.501 e. The number of aromatic hydroxyl groups is 1. The highest BCUT2D eigenvalue weighted by Gasteiger charge is 2.20. The van der Waals surface area contributed by atoms with Crippen LogP contribution < -0.4 is 10.5 Å². The fraction of sp³-hybridized carbons (Fsp3) is 0.357. The average molecular weight is 305 g/mol. The predicted molar refractivity (Wildman–Crippen MR) is 77.5 cm³/mol. The zero-order chi connectivity index (χ0) is 15.7. The Morgan fingerprint density at radius 1 is 1.36 bits per heavy atom. The second kappa shape index (κ2) is 5.64. The Bertz CT molecular complexity index is 780. The summed E-state index contributed by atoms with van der Waals surface area (Å²) in [6.07, 6.45) is 1.59. The minimum atomic E-state index is -0.852. The van der Waals surface area contributed by atoms with E-state index in [4.69, 9.17) is 4.74 Å². The maximum Gasteiger partial charge on any atom is 0.360 e. The maximum atomic E-state index is 12.2. The molecule has 0 spiro atoms. The molecule has 2 aromatic heterocycles. The molecule has 1 fully saturated rings. The number of anilines is 1. The average Bonchev–Trinajstić information content (AvgIpc) is 2.58. The van der Waals surface area contributed by atoms with Gasteiger partial charge in [-0.2, -0.15) is 0 Å². The van der Waals surface area contributed by atoms with E-state index >= 15 is 0 Å². The molecule has 116 valence electrons. The van der Waals surface area contributed by atoms with E-state index in [2.05, 4.69) is 14.6 Å². The second-order valence-electron chi connectivity index (χ2n) is 4.82. The lowest BCUT2D eigenvalue weighted by atomic mass is 10.3. The van der Waals surface area contributed by atoms with E-state index in [1.165, 1.54) is 4.40 Å². The van der Waals surface area contributed by atoms with E-state index in [0.717, 1.165) is 25.9 Å². The molecule has 0 aliphatic carbocycles. The lowest BCUT2D eigenvalue weighted by Crippen LogP contribution is -2.36. The summed E-state index contributed by atoms with van der Waals surface area (Å²) < 4.78 is 11.0. The molecule has 1 saturated heterocycles. The summed E-state index contributed by atoms with van der Waals surface area (Å²) in [5.74, 6) is -1.57. The SMILES string of the molecule is COC(=O)c1nc2ccc(N3CCOCC3)cn2c(=O)c1O. The first-order valence-electron chi connectivity index (χ1n) is 6.78. The molecule has 0 saturated carbocycles. The zero-order valence-corrected chi connectivity index (χ0v) is 12.0. The van der Waals surface area contributed by atoms with Crippen LogP contribution >= 0.6 is 0 Å². The topological polar surface area (TPSA) is 93.4 Å². The number of esters is 1. The van der Waals surface area contributed by atoms with Gasteiger partial charge >= 0.3 is 11.5 Å². The van der Waals surface area contributed by atoms with Crippen LogP contribution in [0.25, 0.3) is 5.65 Å². The van der Waals surface area contributed by atoms with Gasteiger partial charge in [-0.25, -0.2) is 9.78 Å². The highest BCUT2D eigenvalue weighted by Crippen LogP contribution is 2.18. The van der Waals surface area contributed by atoms with Crippen LogP contribution in [-0.4, -0.2) is 53.9 Å². The molecule has 0 bridgehead atoms. The molecule has 0 amide bonds. The van der Waals surface area contributed by atoms with Gasteiger partial charge < -0.3 is 19.5 Å². The monoisotopic (exact) mass is 305 g/mol. The molecule has 2 aromatic rings. The van der Waals surface area contributed by atoms with E-state index in [0.29, 0.717) is 13.2 Å². The van der Waals surface area contributed by atoms with Gasteiger partial charge in [0.05, 0.1) is 26.0 Å². The van der Waals surface area contributed by atoms with Gasteiger partial charge in [0.2, 0.25) is 5.75 Å². The van der Waals surface area contributed by atoms with Crippen molar-refractivity contribution >= 4 is 17.3 Å². The lowest BCUT2D eigenvalue weighted by molar-refractivity contribution is 0.0590. The number of pyridine rings is 1. The highest BCUT2D eigenvalue weighted by molar-refractivity contribution is 5.90. The first-order chi connectivity index (χ1) is 10.6. The standard InChI is InChI=1S/C14H15N3O5/c1-21-14(20)11-12(18)13(19)17-8-9(2-3-10(17)15-11)16-4-6-22-7-5-16/h2-3,8,18H,4-7H2,1H3. The van der Waals surface area contributed by atoms with E-state index < -0.39 is 17.3 Å². The maximum absolute atomic E-state index is 12.2. The number of hydrogen-bond donors (Lipinski definition) is 1. The van der Waals surface area contributed by atoms with Crippen LogP contribution in [0.15, 0.2) is 23.1 Å². The Morgan fingerprint density at radius 2 is 2.09 bits per heavy atom. The number of rotatable bonds is 2. The Kier molecular flexibility index (Phi) is 3.68. The predicted octanol–water partition coefficient (Wildman–Crippen LogP) is 0.0233. The highest BCUT2D eigenvalue weighted by atomic mass is 16.5. The van der Waals surface area contributed by atoms with Crippen molar-refractivity contribution in [1.29, 1.82) is 0 Å². The summed E-state index contributed by atoms with van der Waals surface area (Å²) in [6, 6.07) is 3.43. The molecule has 22 heavy (non-hydrogen) atoms. The molecule has 1 aliphatic heterocycles. The van der Waals surface area contributed by atoms with Crippen LogP contribution in [0.4, 0.5) is 5.69 Å². The Balaban J connectivity index is 2.11. The first kappa shape index (κ1) is 14.3. The van der Waals surface area contributed by atoms with Crippen LogP contribution in [0.3, 0.4) is 0 Å². The number of fused-ring (bicyclic) bond motifs is 1. The molecule has 3 rings (SSSR count). The van der Waals surface area contributed by atoms with Gasteiger partial charge in [0.15, 0.2) is 5.69 Å². The van der Waals surface area contributed by atoms with Gasteiger partial charge in [-0.15, -0.1) is 0 Å². The summed E-state index contributed by atoms with van der Waals surface area (Å²) >= 11 is 0. The summed E-state index contributed by atoms with van der Waals surface area (Å²) in [7, 11) is 1.16. The third-order valence-corrected chi connectivity index (χ3v) is 3.54. The third kappa shape index (κ3) is 2.37. The van der Waals surface area contributed by atoms with Gasteiger partial charge in [0, 0.05) is 19.3 Å². The Labute approximate surface area is 125 Å². The Hall–Kier alpha value is -2.61. The van der Waals surface area contributed by atoms with Crippen LogP contribution in [-0.2, 0) is 9.47 Å². The molecule has 0 radical (unpaired) electrons. The number of aromatic nitrogens is 2. The second-order valence-corrected chi connectivity index (χ2v) is 4.82. The molecular weight excluding hydrogens is 290 g/mol. The summed E-state index contributed by atoms with van der Waals surface area (Å²) in [6.45, 7) is 2.69. The van der Waals surface area contributed by atoms with Gasteiger partial charge in [-0.1, -0.05) is 0 Å². The van der Waals surface area contributed by atoms with Gasteiger partial charge in [0.25, 0.3) is 0 Å². The van der Waals surface area contributed by atoms with Crippen LogP contribution in [0.1, 0.15) is 10.5 Å². The quantitative estimate of drug-likeness (QED) is 0.782. The van der Waals surface area contributed by atoms with Gasteiger partial charge in [-0.05, 0) is 12.1 Å². The number of carbonyl (C=O) groups excluding carboxylic acids is 1. The number of methoxy groups -OCH3 is 1. The van der Waals surface area contributed by atoms with E-state index in [-0.39, 0.29) is 11.3 Å². The number of nitrogens with zero attached hydrogens (tertiary/aromatic N) is 3. The third-order valence-electron chi connectivity index (χ3n) is 3.54. The minimum absolute atomic E-state index is 0.264. The lowest BCUT2D eigenvalue weighted by Gasteiger charge is -2.28. The molecule has 0 unspecified atom stereocenters. The molecule has 1 aliphatic rings. The largest absolute Gasteiger partial charge is 0.501 e. The van der Waals surface area contributed by atoms with Crippen molar-refractivity contribution in [2.24, 2.45) is 0 Å². The molecular formula is C14H15N3O5. The smallest absolute Gasteiger partial charge is 0.360 e. The van der Waals surface area contributed by atoms with Crippen molar-refractivity contribution in [3.05, 3.63) is 34.4 Å². The number of ether oxygens (including phenoxy) is 2. The van der Waals surface area contributed by atoms with Crippen molar-refractivity contribution in [2.45, 2.75) is 0 Å². The van der Waals surface area contributed by atoms with Crippen LogP contribution in [0.2, 0.25) is 0 Å². The summed E-state index contributed by atoms with van der Waals surface area (Å²) in [4.78, 5) is 29.8. The molecule has 0 aromatic carbocycles. The van der Waals surface area contributed by atoms with Crippen molar-refractivity contribution in [2.75, 3.05) is 38.3 Å². The molecule has 3 heterocycles. The normalized spacial score (nSPS) is 15.0. The number of morpholine rings is 1. The van der Waals surface area contributed by atoms with Crippen LogP contribution in [0.5, 0.6) is 5.75 Å². The van der Waals surface area contributed by atoms with Crippen molar-refractivity contribution in [3.63, 3.8) is 0 Å². The first-order valence-corrected chi connectivity index (χ1v) is 6.78. The molecule has 1 N–H and O–H groups in total. The van der Waals surface area contributed by atoms with Crippen molar-refractivity contribution in [3.8, 4) is 5.75 Å². The van der Waals surface area contributed by atoms with E-state index in [9.17, 15) is 14.7 Å². The Morgan fingerprint density at radius 3 is 2.77 bits per heavy atom.